The summed E-state index contributed by atoms with van der Waals surface area (Å²) in [7, 11) is 3.91. The first-order valence-corrected chi connectivity index (χ1v) is 6.77. The summed E-state index contributed by atoms with van der Waals surface area (Å²) in [5.41, 5.74) is 0.703. The van der Waals surface area contributed by atoms with E-state index < -0.39 is 12.0 Å². The molecule has 0 aromatic heterocycles. The Bertz CT molecular complexity index is 433. The van der Waals surface area contributed by atoms with Crippen molar-refractivity contribution in [2.45, 2.75) is 26.0 Å². The molecule has 0 aliphatic carbocycles. The van der Waals surface area contributed by atoms with Gasteiger partial charge in [0, 0.05) is 13.1 Å². The number of carboxylic acid groups (broad SMARTS) is 1. The van der Waals surface area contributed by atoms with Crippen LogP contribution in [-0.4, -0.2) is 49.3 Å². The fourth-order valence-electron chi connectivity index (χ4n) is 1.82. The van der Waals surface area contributed by atoms with Crippen molar-refractivity contribution in [3.05, 3.63) is 29.8 Å². The number of ether oxygens (including phenoxy) is 1. The molecule has 1 aromatic carbocycles. The molecule has 0 saturated carbocycles. The van der Waals surface area contributed by atoms with Gasteiger partial charge in [-0.3, -0.25) is 10.1 Å². The molecule has 0 amide bonds. The standard InChI is InChI=1S/C15H24N2O3/c1-11(2)20-13-7-5-6-12(10-13)14(15(18)19)16-8-9-17(3)4/h5-7,10-11,14,16H,8-9H2,1-4H3,(H,18,19). The molecule has 0 saturated heterocycles. The Morgan fingerprint density at radius 2 is 2.10 bits per heavy atom. The van der Waals surface area contributed by atoms with Crippen molar-refractivity contribution in [3.63, 3.8) is 0 Å². The van der Waals surface area contributed by atoms with E-state index in [2.05, 4.69) is 5.32 Å². The van der Waals surface area contributed by atoms with Crippen LogP contribution in [0.2, 0.25) is 0 Å². The van der Waals surface area contributed by atoms with Gasteiger partial charge in [-0.2, -0.15) is 0 Å². The minimum Gasteiger partial charge on any atom is -0.491 e. The number of benzene rings is 1. The summed E-state index contributed by atoms with van der Waals surface area (Å²) in [6, 6.07) is 6.51. The summed E-state index contributed by atoms with van der Waals surface area (Å²) >= 11 is 0. The molecule has 1 aromatic rings. The van der Waals surface area contributed by atoms with Gasteiger partial charge in [0.15, 0.2) is 0 Å². The normalized spacial score (nSPS) is 12.7. The largest absolute Gasteiger partial charge is 0.491 e. The third kappa shape index (κ3) is 5.59. The highest BCUT2D eigenvalue weighted by molar-refractivity contribution is 5.75. The second-order valence-electron chi connectivity index (χ2n) is 5.27. The third-order valence-corrected chi connectivity index (χ3v) is 2.72. The lowest BCUT2D eigenvalue weighted by atomic mass is 10.1. The van der Waals surface area contributed by atoms with Gasteiger partial charge in [-0.25, -0.2) is 0 Å². The number of carbonyl (C=O) groups is 1. The summed E-state index contributed by atoms with van der Waals surface area (Å²) in [4.78, 5) is 13.4. The number of aliphatic carboxylic acids is 1. The topological polar surface area (TPSA) is 61.8 Å². The van der Waals surface area contributed by atoms with Crippen LogP contribution in [0.1, 0.15) is 25.5 Å². The predicted molar refractivity (Wildman–Crippen MR) is 79.1 cm³/mol. The molecule has 0 spiro atoms. The van der Waals surface area contributed by atoms with E-state index in [4.69, 9.17) is 4.74 Å². The zero-order valence-electron chi connectivity index (χ0n) is 12.6. The van der Waals surface area contributed by atoms with E-state index in [1.165, 1.54) is 0 Å². The Morgan fingerprint density at radius 3 is 2.65 bits per heavy atom. The second-order valence-corrected chi connectivity index (χ2v) is 5.27. The summed E-state index contributed by atoms with van der Waals surface area (Å²) < 4.78 is 5.60. The molecule has 0 radical (unpaired) electrons. The van der Waals surface area contributed by atoms with E-state index in [9.17, 15) is 9.90 Å². The van der Waals surface area contributed by atoms with Gasteiger partial charge < -0.3 is 14.7 Å². The summed E-state index contributed by atoms with van der Waals surface area (Å²) in [6.07, 6.45) is 0.0650. The molecule has 5 nitrogen and oxygen atoms in total. The second kappa shape index (κ2) is 7.87. The summed E-state index contributed by atoms with van der Waals surface area (Å²) in [6.45, 7) is 5.28. The lowest BCUT2D eigenvalue weighted by molar-refractivity contribution is -0.139. The molecule has 1 unspecified atom stereocenters. The first kappa shape index (κ1) is 16.5. The molecular weight excluding hydrogens is 256 g/mol. The monoisotopic (exact) mass is 280 g/mol. The van der Waals surface area contributed by atoms with Gasteiger partial charge in [0.25, 0.3) is 0 Å². The van der Waals surface area contributed by atoms with E-state index in [0.29, 0.717) is 17.9 Å². The van der Waals surface area contributed by atoms with Crippen LogP contribution in [0, 0.1) is 0 Å². The van der Waals surface area contributed by atoms with Gasteiger partial charge >= 0.3 is 5.97 Å². The van der Waals surface area contributed by atoms with Crippen molar-refractivity contribution < 1.29 is 14.6 Å². The predicted octanol–water partition coefficient (Wildman–Crippen LogP) is 1.75. The van der Waals surface area contributed by atoms with Crippen LogP contribution in [0.5, 0.6) is 5.75 Å². The maximum absolute atomic E-state index is 11.4. The number of hydrogen-bond acceptors (Lipinski definition) is 4. The number of nitrogens with one attached hydrogen (secondary N) is 1. The van der Waals surface area contributed by atoms with Gasteiger partial charge in [0.05, 0.1) is 6.10 Å². The van der Waals surface area contributed by atoms with Crippen molar-refractivity contribution in [1.82, 2.24) is 10.2 Å². The Morgan fingerprint density at radius 1 is 1.40 bits per heavy atom. The van der Waals surface area contributed by atoms with E-state index in [1.807, 2.05) is 45.0 Å². The lowest BCUT2D eigenvalue weighted by Gasteiger charge is -2.18. The fraction of sp³-hybridized carbons (Fsp3) is 0.533. The van der Waals surface area contributed by atoms with Crippen LogP contribution in [0.15, 0.2) is 24.3 Å². The third-order valence-electron chi connectivity index (χ3n) is 2.72. The number of nitrogens with zero attached hydrogens (tertiary/aromatic N) is 1. The van der Waals surface area contributed by atoms with Crippen LogP contribution in [0.25, 0.3) is 0 Å². The maximum atomic E-state index is 11.4. The number of rotatable bonds is 8. The molecular formula is C15H24N2O3. The van der Waals surface area contributed by atoms with E-state index in [1.54, 1.807) is 12.1 Å². The summed E-state index contributed by atoms with van der Waals surface area (Å²) in [5, 5.41) is 12.4. The molecule has 0 aliphatic heterocycles. The van der Waals surface area contributed by atoms with Gasteiger partial charge in [0.1, 0.15) is 11.8 Å². The van der Waals surface area contributed by atoms with Crippen LogP contribution >= 0.6 is 0 Å². The Balaban J connectivity index is 2.78. The Hall–Kier alpha value is -1.59. The van der Waals surface area contributed by atoms with Gasteiger partial charge in [-0.05, 0) is 45.6 Å². The van der Waals surface area contributed by atoms with Crippen molar-refractivity contribution in [1.29, 1.82) is 0 Å². The maximum Gasteiger partial charge on any atom is 0.325 e. The van der Waals surface area contributed by atoms with Crippen LogP contribution in [-0.2, 0) is 4.79 Å². The van der Waals surface area contributed by atoms with E-state index >= 15 is 0 Å². The van der Waals surface area contributed by atoms with Crippen LogP contribution < -0.4 is 10.1 Å². The number of likely N-dealkylation sites (N-methyl/N-ethyl adjacent to an activating group) is 1. The van der Waals surface area contributed by atoms with Crippen molar-refractivity contribution in [2.24, 2.45) is 0 Å². The molecule has 20 heavy (non-hydrogen) atoms. The minimum absolute atomic E-state index is 0.0650. The van der Waals surface area contributed by atoms with Crippen LogP contribution in [0.4, 0.5) is 0 Å². The molecule has 1 rings (SSSR count). The zero-order chi connectivity index (χ0) is 15.1. The average molecular weight is 280 g/mol. The fourth-order valence-corrected chi connectivity index (χ4v) is 1.82. The quantitative estimate of drug-likeness (QED) is 0.759. The van der Waals surface area contributed by atoms with E-state index in [-0.39, 0.29) is 6.10 Å². The molecule has 112 valence electrons. The molecule has 0 heterocycles. The molecule has 1 atom stereocenters. The number of carboxylic acids is 1. The first-order chi connectivity index (χ1) is 9.40. The average Bonchev–Trinajstić information content (AvgIpc) is 2.33. The van der Waals surface area contributed by atoms with E-state index in [0.717, 1.165) is 6.54 Å². The highest BCUT2D eigenvalue weighted by Crippen LogP contribution is 2.20. The Kier molecular flexibility index (Phi) is 6.48. The zero-order valence-corrected chi connectivity index (χ0v) is 12.6. The van der Waals surface area contributed by atoms with Crippen molar-refractivity contribution in [2.75, 3.05) is 27.2 Å². The molecule has 2 N–H and O–H groups in total. The van der Waals surface area contributed by atoms with Crippen LogP contribution in [0.3, 0.4) is 0 Å². The van der Waals surface area contributed by atoms with Crippen molar-refractivity contribution in [3.8, 4) is 5.75 Å². The van der Waals surface area contributed by atoms with Gasteiger partial charge in [-0.15, -0.1) is 0 Å². The van der Waals surface area contributed by atoms with Gasteiger partial charge in [0.2, 0.25) is 0 Å². The molecule has 5 heteroatoms. The number of hydrogen-bond donors (Lipinski definition) is 2. The summed E-state index contributed by atoms with van der Waals surface area (Å²) in [5.74, 6) is -0.191. The highest BCUT2D eigenvalue weighted by Gasteiger charge is 2.19. The SMILES string of the molecule is CC(C)Oc1cccc(C(NCCN(C)C)C(=O)O)c1. The van der Waals surface area contributed by atoms with Gasteiger partial charge in [-0.1, -0.05) is 12.1 Å². The first-order valence-electron chi connectivity index (χ1n) is 6.77. The smallest absolute Gasteiger partial charge is 0.325 e. The lowest BCUT2D eigenvalue weighted by Crippen LogP contribution is -2.33. The minimum atomic E-state index is -0.884. The Labute approximate surface area is 120 Å². The van der Waals surface area contributed by atoms with Crippen molar-refractivity contribution >= 4 is 5.97 Å². The highest BCUT2D eigenvalue weighted by atomic mass is 16.5. The molecule has 0 bridgehead atoms. The molecule has 0 fully saturated rings. The molecule has 0 aliphatic rings.